The Morgan fingerprint density at radius 2 is 1.69 bits per heavy atom. The van der Waals surface area contributed by atoms with Crippen LogP contribution in [0.4, 0.5) is 0 Å². The highest BCUT2D eigenvalue weighted by atomic mass is 16.5. The molecule has 1 heterocycles. The first-order valence-corrected chi connectivity index (χ1v) is 12.7. The van der Waals surface area contributed by atoms with E-state index in [2.05, 4.69) is 35.9 Å². The molecule has 1 aliphatic rings. The van der Waals surface area contributed by atoms with Crippen LogP contribution < -0.4 is 4.74 Å². The molecule has 1 saturated carbocycles. The molecule has 0 spiro atoms. The Labute approximate surface area is 206 Å². The van der Waals surface area contributed by atoms with Gasteiger partial charge in [-0.05, 0) is 74.8 Å². The summed E-state index contributed by atoms with van der Waals surface area (Å²) in [5, 5.41) is 14.0. The molecule has 1 aliphatic carbocycles. The quantitative estimate of drug-likeness (QED) is 0.250. The molecule has 0 saturated heterocycles. The number of carboxylic acids is 1. The number of benzene rings is 2. The van der Waals surface area contributed by atoms with Crippen molar-refractivity contribution in [2.45, 2.75) is 77.7 Å². The van der Waals surface area contributed by atoms with Crippen molar-refractivity contribution in [2.24, 2.45) is 0 Å². The van der Waals surface area contributed by atoms with Crippen molar-refractivity contribution in [3.63, 3.8) is 0 Å². The minimum absolute atomic E-state index is 0.188. The number of rotatable bonds is 11. The van der Waals surface area contributed by atoms with Gasteiger partial charge in [0.15, 0.2) is 0 Å². The summed E-state index contributed by atoms with van der Waals surface area (Å²) in [6, 6.07) is 16.5. The maximum Gasteiger partial charge on any atom is 0.311 e. The van der Waals surface area contributed by atoms with Gasteiger partial charge in [0.05, 0.1) is 17.4 Å². The fraction of sp³-hybridized carbons (Fsp3) is 0.414. The zero-order valence-electron chi connectivity index (χ0n) is 20.6. The third-order valence-corrected chi connectivity index (χ3v) is 6.68. The smallest absolute Gasteiger partial charge is 0.311 e. The lowest BCUT2D eigenvalue weighted by atomic mass is 9.92. The first-order chi connectivity index (χ1) is 17.0. The van der Waals surface area contributed by atoms with Crippen LogP contribution >= 0.6 is 0 Å². The Hall–Kier alpha value is -3.41. The maximum atomic E-state index is 11.9. The van der Waals surface area contributed by atoms with Gasteiger partial charge in [0, 0.05) is 29.5 Å². The second-order valence-electron chi connectivity index (χ2n) is 9.25. The normalized spacial score (nSPS) is 13.4. The standard InChI is InChI=1S/C29H34N2O4/c1-3-7-27(34)35-24-18-16-22(17-19-24)29-25(4-2)28(30-31(29)23-9-6-10-23)21-14-12-20(13-15-21)8-5-11-26(32)33/h12-19,23H,3-11H2,1-2H3,(H,32,33). The van der Waals surface area contributed by atoms with E-state index in [1.165, 1.54) is 12.0 Å². The van der Waals surface area contributed by atoms with Crippen LogP contribution in [0.1, 0.15) is 76.0 Å². The summed E-state index contributed by atoms with van der Waals surface area (Å²) < 4.78 is 7.65. The van der Waals surface area contributed by atoms with Gasteiger partial charge < -0.3 is 9.84 Å². The van der Waals surface area contributed by atoms with E-state index in [-0.39, 0.29) is 12.4 Å². The lowest BCUT2D eigenvalue weighted by Gasteiger charge is -2.28. The third-order valence-electron chi connectivity index (χ3n) is 6.68. The molecule has 1 fully saturated rings. The highest BCUT2D eigenvalue weighted by molar-refractivity contribution is 5.76. The Bertz CT molecular complexity index is 1160. The van der Waals surface area contributed by atoms with E-state index < -0.39 is 5.97 Å². The van der Waals surface area contributed by atoms with Crippen molar-refractivity contribution in [2.75, 3.05) is 0 Å². The molecular weight excluding hydrogens is 440 g/mol. The van der Waals surface area contributed by atoms with E-state index in [1.807, 2.05) is 31.2 Å². The molecule has 0 unspecified atom stereocenters. The molecule has 0 aliphatic heterocycles. The average Bonchev–Trinajstić information content (AvgIpc) is 3.17. The van der Waals surface area contributed by atoms with Gasteiger partial charge in [0.1, 0.15) is 5.75 Å². The van der Waals surface area contributed by atoms with Gasteiger partial charge in [-0.25, -0.2) is 0 Å². The molecule has 3 aromatic rings. The SMILES string of the molecule is CCCC(=O)Oc1ccc(-c2c(CC)c(-c3ccc(CCCC(=O)O)cc3)nn2C2CCC2)cc1. The Morgan fingerprint density at radius 3 is 2.26 bits per heavy atom. The number of aryl methyl sites for hydroxylation is 1. The van der Waals surface area contributed by atoms with Crippen molar-refractivity contribution in [3.8, 4) is 28.3 Å². The van der Waals surface area contributed by atoms with Crippen LogP contribution in [0.2, 0.25) is 0 Å². The van der Waals surface area contributed by atoms with E-state index in [1.54, 1.807) is 0 Å². The minimum atomic E-state index is -0.754. The van der Waals surface area contributed by atoms with Gasteiger partial charge in [0.25, 0.3) is 0 Å². The Morgan fingerprint density at radius 1 is 1.00 bits per heavy atom. The number of carbonyl (C=O) groups excluding carboxylic acids is 1. The van der Waals surface area contributed by atoms with Crippen molar-refractivity contribution in [1.82, 2.24) is 9.78 Å². The van der Waals surface area contributed by atoms with Crippen molar-refractivity contribution >= 4 is 11.9 Å². The van der Waals surface area contributed by atoms with Gasteiger partial charge in [0.2, 0.25) is 0 Å². The molecule has 0 bridgehead atoms. The van der Waals surface area contributed by atoms with Crippen LogP contribution in [-0.4, -0.2) is 26.8 Å². The molecule has 4 rings (SSSR count). The molecule has 184 valence electrons. The van der Waals surface area contributed by atoms with Crippen molar-refractivity contribution in [1.29, 1.82) is 0 Å². The molecule has 1 N–H and O–H groups in total. The maximum absolute atomic E-state index is 11.9. The van der Waals surface area contributed by atoms with Crippen LogP contribution in [-0.2, 0) is 22.4 Å². The molecule has 0 amide bonds. The van der Waals surface area contributed by atoms with E-state index in [9.17, 15) is 9.59 Å². The topological polar surface area (TPSA) is 81.4 Å². The van der Waals surface area contributed by atoms with Gasteiger partial charge in [-0.15, -0.1) is 0 Å². The second kappa shape index (κ2) is 11.3. The lowest BCUT2D eigenvalue weighted by molar-refractivity contribution is -0.137. The van der Waals surface area contributed by atoms with Crippen LogP contribution in [0, 0.1) is 0 Å². The Balaban J connectivity index is 1.64. The summed E-state index contributed by atoms with van der Waals surface area (Å²) >= 11 is 0. The molecule has 6 heteroatoms. The van der Waals surface area contributed by atoms with E-state index in [0.717, 1.165) is 60.2 Å². The van der Waals surface area contributed by atoms with Crippen LogP contribution in [0.5, 0.6) is 5.75 Å². The number of carbonyl (C=O) groups is 2. The number of nitrogens with zero attached hydrogens (tertiary/aromatic N) is 2. The minimum Gasteiger partial charge on any atom is -0.481 e. The second-order valence-corrected chi connectivity index (χ2v) is 9.25. The van der Waals surface area contributed by atoms with Crippen LogP contribution in [0.3, 0.4) is 0 Å². The number of ether oxygens (including phenoxy) is 1. The van der Waals surface area contributed by atoms with E-state index in [0.29, 0.717) is 24.6 Å². The number of esters is 1. The summed E-state index contributed by atoms with van der Waals surface area (Å²) in [4.78, 5) is 22.7. The average molecular weight is 475 g/mol. The number of aliphatic carboxylic acids is 1. The molecule has 6 nitrogen and oxygen atoms in total. The van der Waals surface area contributed by atoms with Gasteiger partial charge in [-0.3, -0.25) is 14.3 Å². The highest BCUT2D eigenvalue weighted by Gasteiger charge is 2.27. The summed E-state index contributed by atoms with van der Waals surface area (Å²) in [6.45, 7) is 4.12. The molecule has 1 aromatic heterocycles. The lowest BCUT2D eigenvalue weighted by Crippen LogP contribution is -2.19. The number of hydrogen-bond donors (Lipinski definition) is 1. The fourth-order valence-electron chi connectivity index (χ4n) is 4.58. The molecular formula is C29H34N2O4. The molecule has 0 atom stereocenters. The molecule has 35 heavy (non-hydrogen) atoms. The van der Waals surface area contributed by atoms with Crippen LogP contribution in [0.15, 0.2) is 48.5 Å². The summed E-state index contributed by atoms with van der Waals surface area (Å²) in [5.41, 5.74) is 6.65. The number of aromatic nitrogens is 2. The fourth-order valence-corrected chi connectivity index (χ4v) is 4.58. The van der Waals surface area contributed by atoms with Gasteiger partial charge in [-0.2, -0.15) is 5.10 Å². The molecule has 0 radical (unpaired) electrons. The third kappa shape index (κ3) is 5.81. The zero-order valence-corrected chi connectivity index (χ0v) is 20.6. The summed E-state index contributed by atoms with van der Waals surface area (Å²) in [6.07, 6.45) is 7.10. The van der Waals surface area contributed by atoms with Gasteiger partial charge in [-0.1, -0.05) is 38.1 Å². The van der Waals surface area contributed by atoms with Crippen molar-refractivity contribution in [3.05, 3.63) is 59.7 Å². The Kier molecular flexibility index (Phi) is 8.01. The number of hydrogen-bond acceptors (Lipinski definition) is 4. The highest BCUT2D eigenvalue weighted by Crippen LogP contribution is 2.40. The number of carboxylic acid groups (broad SMARTS) is 1. The van der Waals surface area contributed by atoms with Crippen LogP contribution in [0.25, 0.3) is 22.5 Å². The van der Waals surface area contributed by atoms with E-state index in [4.69, 9.17) is 14.9 Å². The predicted octanol–water partition coefficient (Wildman–Crippen LogP) is 6.62. The predicted molar refractivity (Wildman–Crippen MR) is 136 cm³/mol. The first-order valence-electron chi connectivity index (χ1n) is 12.7. The molecule has 2 aromatic carbocycles. The van der Waals surface area contributed by atoms with Gasteiger partial charge >= 0.3 is 11.9 Å². The monoisotopic (exact) mass is 474 g/mol. The summed E-state index contributed by atoms with van der Waals surface area (Å²) in [5.74, 6) is -0.392. The van der Waals surface area contributed by atoms with Crippen molar-refractivity contribution < 1.29 is 19.4 Å². The first kappa shape index (κ1) is 24.7. The van der Waals surface area contributed by atoms with E-state index >= 15 is 0 Å². The zero-order chi connectivity index (χ0) is 24.8. The summed E-state index contributed by atoms with van der Waals surface area (Å²) in [7, 11) is 0. The largest absolute Gasteiger partial charge is 0.481 e.